The molecule has 15 heavy (non-hydrogen) atoms. The van der Waals surface area contributed by atoms with Gasteiger partial charge in [0.25, 0.3) is 0 Å². The van der Waals surface area contributed by atoms with E-state index in [2.05, 4.69) is 6.58 Å². The molecule has 0 heterocycles. The van der Waals surface area contributed by atoms with Crippen LogP contribution in [0.2, 0.25) is 0 Å². The highest BCUT2D eigenvalue weighted by atomic mass is 16.5. The van der Waals surface area contributed by atoms with Gasteiger partial charge in [-0.05, 0) is 36.5 Å². The molecule has 1 aromatic carbocycles. The van der Waals surface area contributed by atoms with Crippen molar-refractivity contribution in [3.63, 3.8) is 0 Å². The Morgan fingerprint density at radius 2 is 2.13 bits per heavy atom. The van der Waals surface area contributed by atoms with Gasteiger partial charge in [-0.2, -0.15) is 0 Å². The maximum atomic E-state index is 8.96. The van der Waals surface area contributed by atoms with Crippen LogP contribution in [0.5, 0.6) is 5.75 Å². The van der Waals surface area contributed by atoms with Crippen molar-refractivity contribution in [2.24, 2.45) is 0 Å². The number of hydrogen-bond donors (Lipinski definition) is 2. The molecular weight excluding hydrogens is 191 g/mol. The molecule has 0 amide bonds. The molecule has 0 saturated heterocycles. The van der Waals surface area contributed by atoms with Crippen molar-refractivity contribution < 1.29 is 14.8 Å². The van der Waals surface area contributed by atoms with Crippen LogP contribution in [0.15, 0.2) is 30.4 Å². The molecule has 3 nitrogen and oxygen atoms in total. The molecular formula is C11H15BO3. The van der Waals surface area contributed by atoms with Crippen LogP contribution in [0.25, 0.3) is 0 Å². The van der Waals surface area contributed by atoms with Crippen molar-refractivity contribution in [2.75, 3.05) is 6.61 Å². The van der Waals surface area contributed by atoms with Crippen LogP contribution in [-0.4, -0.2) is 23.8 Å². The van der Waals surface area contributed by atoms with E-state index >= 15 is 0 Å². The SMILES string of the molecule is C=C(C)COc1ccc(B(O)O)cc1C. The summed E-state index contributed by atoms with van der Waals surface area (Å²) in [7, 11) is -1.43. The van der Waals surface area contributed by atoms with Crippen LogP contribution < -0.4 is 10.2 Å². The summed E-state index contributed by atoms with van der Waals surface area (Å²) in [5.41, 5.74) is 2.29. The predicted molar refractivity (Wildman–Crippen MR) is 61.3 cm³/mol. The Labute approximate surface area is 90.2 Å². The second-order valence-electron chi connectivity index (χ2n) is 3.64. The lowest BCUT2D eigenvalue weighted by Gasteiger charge is -2.10. The molecule has 80 valence electrons. The first-order valence-electron chi connectivity index (χ1n) is 4.74. The summed E-state index contributed by atoms with van der Waals surface area (Å²) in [6.07, 6.45) is 0. The fourth-order valence-electron chi connectivity index (χ4n) is 1.20. The molecule has 0 aromatic heterocycles. The van der Waals surface area contributed by atoms with Crippen molar-refractivity contribution >= 4 is 12.6 Å². The summed E-state index contributed by atoms with van der Waals surface area (Å²) in [5, 5.41) is 17.9. The first-order chi connectivity index (χ1) is 7.00. The largest absolute Gasteiger partial charge is 0.489 e. The van der Waals surface area contributed by atoms with Gasteiger partial charge < -0.3 is 14.8 Å². The summed E-state index contributed by atoms with van der Waals surface area (Å²) < 4.78 is 5.47. The highest BCUT2D eigenvalue weighted by Crippen LogP contribution is 2.16. The first-order valence-corrected chi connectivity index (χ1v) is 4.74. The van der Waals surface area contributed by atoms with Gasteiger partial charge in [0.2, 0.25) is 0 Å². The summed E-state index contributed by atoms with van der Waals surface area (Å²) in [4.78, 5) is 0. The van der Waals surface area contributed by atoms with Crippen molar-refractivity contribution in [1.82, 2.24) is 0 Å². The van der Waals surface area contributed by atoms with Crippen LogP contribution in [0.3, 0.4) is 0 Å². The maximum absolute atomic E-state index is 8.96. The average molecular weight is 206 g/mol. The zero-order valence-corrected chi connectivity index (χ0v) is 9.03. The molecule has 0 atom stereocenters. The molecule has 0 radical (unpaired) electrons. The third-order valence-electron chi connectivity index (χ3n) is 1.97. The van der Waals surface area contributed by atoms with E-state index in [9.17, 15) is 0 Å². The van der Waals surface area contributed by atoms with Crippen LogP contribution >= 0.6 is 0 Å². The van der Waals surface area contributed by atoms with E-state index in [0.717, 1.165) is 16.9 Å². The molecule has 0 bridgehead atoms. The Balaban J connectivity index is 2.79. The van der Waals surface area contributed by atoms with E-state index in [1.807, 2.05) is 13.8 Å². The molecule has 1 aromatic rings. The number of hydrogen-bond acceptors (Lipinski definition) is 3. The second kappa shape index (κ2) is 5.00. The fourth-order valence-corrected chi connectivity index (χ4v) is 1.20. The minimum atomic E-state index is -1.43. The van der Waals surface area contributed by atoms with Gasteiger partial charge in [0, 0.05) is 0 Å². The lowest BCUT2D eigenvalue weighted by atomic mass is 9.79. The monoisotopic (exact) mass is 206 g/mol. The van der Waals surface area contributed by atoms with E-state index < -0.39 is 7.12 Å². The maximum Gasteiger partial charge on any atom is 0.488 e. The minimum absolute atomic E-state index is 0.468. The van der Waals surface area contributed by atoms with E-state index in [0.29, 0.717) is 12.1 Å². The Morgan fingerprint density at radius 1 is 1.47 bits per heavy atom. The Morgan fingerprint density at radius 3 is 2.60 bits per heavy atom. The van der Waals surface area contributed by atoms with Gasteiger partial charge in [0.15, 0.2) is 0 Å². The third-order valence-corrected chi connectivity index (χ3v) is 1.97. The van der Waals surface area contributed by atoms with Crippen molar-refractivity contribution in [3.8, 4) is 5.75 Å². The molecule has 4 heteroatoms. The molecule has 2 N–H and O–H groups in total. The molecule has 0 fully saturated rings. The summed E-state index contributed by atoms with van der Waals surface area (Å²) in [5.74, 6) is 0.738. The summed E-state index contributed by atoms with van der Waals surface area (Å²) in [6.45, 7) is 7.97. The average Bonchev–Trinajstić information content (AvgIpc) is 2.15. The molecule has 0 aliphatic heterocycles. The lowest BCUT2D eigenvalue weighted by Crippen LogP contribution is -2.29. The quantitative estimate of drug-likeness (QED) is 0.561. The molecule has 0 saturated carbocycles. The highest BCUT2D eigenvalue weighted by molar-refractivity contribution is 6.58. The van der Waals surface area contributed by atoms with E-state index in [-0.39, 0.29) is 0 Å². The topological polar surface area (TPSA) is 49.7 Å². The second-order valence-corrected chi connectivity index (χ2v) is 3.64. The number of rotatable bonds is 4. The Kier molecular flexibility index (Phi) is 3.94. The smallest absolute Gasteiger partial charge is 0.488 e. The molecule has 0 spiro atoms. The van der Waals surface area contributed by atoms with Gasteiger partial charge in [-0.25, -0.2) is 0 Å². The Bertz CT molecular complexity index is 361. The van der Waals surface area contributed by atoms with Crippen molar-refractivity contribution in [1.29, 1.82) is 0 Å². The predicted octanol–water partition coefficient (Wildman–Crippen LogP) is 0.630. The number of ether oxygens (including phenoxy) is 1. The van der Waals surface area contributed by atoms with E-state index in [1.165, 1.54) is 0 Å². The molecule has 0 aliphatic rings. The number of benzene rings is 1. The van der Waals surface area contributed by atoms with Gasteiger partial charge >= 0.3 is 7.12 Å². The Hall–Kier alpha value is -1.26. The molecule has 0 unspecified atom stereocenters. The molecule has 1 rings (SSSR count). The van der Waals surface area contributed by atoms with Crippen LogP contribution in [0.4, 0.5) is 0 Å². The number of aryl methyl sites for hydroxylation is 1. The van der Waals surface area contributed by atoms with Crippen LogP contribution in [0, 0.1) is 6.92 Å². The zero-order valence-electron chi connectivity index (χ0n) is 9.03. The normalized spacial score (nSPS) is 9.87. The minimum Gasteiger partial charge on any atom is -0.489 e. The van der Waals surface area contributed by atoms with Gasteiger partial charge in [-0.15, -0.1) is 0 Å². The first kappa shape index (κ1) is 11.8. The lowest BCUT2D eigenvalue weighted by molar-refractivity contribution is 0.350. The highest BCUT2D eigenvalue weighted by Gasteiger charge is 2.12. The van der Waals surface area contributed by atoms with Gasteiger partial charge in [0.05, 0.1) is 0 Å². The molecule has 0 aliphatic carbocycles. The standard InChI is InChI=1S/C11H15BO3/c1-8(2)7-15-11-5-4-10(12(13)14)6-9(11)3/h4-6,13-14H,1,7H2,2-3H3. The third kappa shape index (κ3) is 3.42. The zero-order chi connectivity index (χ0) is 11.4. The fraction of sp³-hybridized carbons (Fsp3) is 0.273. The summed E-state index contributed by atoms with van der Waals surface area (Å²) >= 11 is 0. The van der Waals surface area contributed by atoms with E-state index in [1.54, 1.807) is 18.2 Å². The van der Waals surface area contributed by atoms with Gasteiger partial charge in [-0.1, -0.05) is 18.7 Å². The van der Waals surface area contributed by atoms with E-state index in [4.69, 9.17) is 14.8 Å². The van der Waals surface area contributed by atoms with Gasteiger partial charge in [0.1, 0.15) is 12.4 Å². The van der Waals surface area contributed by atoms with Crippen molar-refractivity contribution in [2.45, 2.75) is 13.8 Å². The summed E-state index contributed by atoms with van der Waals surface area (Å²) in [6, 6.07) is 5.05. The van der Waals surface area contributed by atoms with Crippen LogP contribution in [-0.2, 0) is 0 Å². The van der Waals surface area contributed by atoms with Gasteiger partial charge in [-0.3, -0.25) is 0 Å². The van der Waals surface area contributed by atoms with Crippen molar-refractivity contribution in [3.05, 3.63) is 35.9 Å². The van der Waals surface area contributed by atoms with Crippen LogP contribution in [0.1, 0.15) is 12.5 Å².